The number of para-hydroxylation sites is 2. The van der Waals surface area contributed by atoms with Crippen molar-refractivity contribution in [2.75, 3.05) is 27.1 Å². The van der Waals surface area contributed by atoms with Gasteiger partial charge in [0.25, 0.3) is 5.91 Å². The third-order valence-corrected chi connectivity index (χ3v) is 5.30. The number of thioether (sulfide) groups is 1. The fraction of sp³-hybridized carbons (Fsp3) is 0.250. The fourth-order valence-corrected chi connectivity index (χ4v) is 3.64. The van der Waals surface area contributed by atoms with Crippen LogP contribution in [0.1, 0.15) is 5.56 Å². The van der Waals surface area contributed by atoms with Crippen molar-refractivity contribution in [3.05, 3.63) is 42.0 Å². The van der Waals surface area contributed by atoms with Crippen LogP contribution in [0.15, 0.2) is 46.7 Å². The van der Waals surface area contributed by atoms with Gasteiger partial charge in [-0.25, -0.2) is 15.0 Å². The van der Waals surface area contributed by atoms with Crippen LogP contribution in [0.5, 0.6) is 17.2 Å². The van der Waals surface area contributed by atoms with E-state index < -0.39 is 0 Å². The van der Waals surface area contributed by atoms with Gasteiger partial charge in [-0.15, -0.1) is 0 Å². The molecular formula is C20H23N4O4S+. The van der Waals surface area contributed by atoms with Crippen molar-refractivity contribution >= 4 is 34.9 Å². The van der Waals surface area contributed by atoms with Crippen LogP contribution in [0.2, 0.25) is 0 Å². The maximum absolute atomic E-state index is 12.1. The van der Waals surface area contributed by atoms with Crippen LogP contribution in [0.25, 0.3) is 11.0 Å². The molecule has 0 radical (unpaired) electrons. The maximum atomic E-state index is 12.1. The quantitative estimate of drug-likeness (QED) is 0.255. The second-order valence-corrected chi connectivity index (χ2v) is 7.01. The van der Waals surface area contributed by atoms with E-state index in [1.165, 1.54) is 18.0 Å². The average Bonchev–Trinajstić information content (AvgIpc) is 3.07. The normalized spacial score (nSPS) is 11.0. The van der Waals surface area contributed by atoms with Crippen molar-refractivity contribution in [1.29, 1.82) is 0 Å². The molecule has 0 aliphatic heterocycles. The lowest BCUT2D eigenvalue weighted by atomic mass is 10.2. The Morgan fingerprint density at radius 1 is 1.17 bits per heavy atom. The van der Waals surface area contributed by atoms with E-state index >= 15 is 0 Å². The summed E-state index contributed by atoms with van der Waals surface area (Å²) in [4.78, 5) is 15.4. The van der Waals surface area contributed by atoms with Gasteiger partial charge in [0.15, 0.2) is 22.5 Å². The lowest BCUT2D eigenvalue weighted by Crippen LogP contribution is -2.30. The third kappa shape index (κ3) is 4.62. The van der Waals surface area contributed by atoms with E-state index in [4.69, 9.17) is 14.2 Å². The number of H-pyrrole nitrogens is 1. The number of aryl methyl sites for hydroxylation is 1. The highest BCUT2D eigenvalue weighted by molar-refractivity contribution is 7.99. The molecule has 0 atom stereocenters. The molecule has 29 heavy (non-hydrogen) atoms. The standard InChI is InChI=1S/C20H22N4O4S/c1-24-15-8-6-5-7-14(15)22-20(24)29-12-18(25)23-21-11-13-9-16(26-2)19(28-4)17(10-13)27-3/h5-11H,12H2,1-4H3,(H,23,25)/p+1. The highest BCUT2D eigenvalue weighted by atomic mass is 32.2. The van der Waals surface area contributed by atoms with E-state index in [1.807, 2.05) is 35.9 Å². The van der Waals surface area contributed by atoms with Crippen LogP contribution in [0.4, 0.5) is 0 Å². The molecular weight excluding hydrogens is 392 g/mol. The summed E-state index contributed by atoms with van der Waals surface area (Å²) in [7, 11) is 6.59. The summed E-state index contributed by atoms with van der Waals surface area (Å²) in [5.41, 5.74) is 5.34. The van der Waals surface area contributed by atoms with E-state index in [0.717, 1.165) is 16.2 Å². The van der Waals surface area contributed by atoms with E-state index in [9.17, 15) is 4.79 Å². The first kappa shape index (κ1) is 20.5. The monoisotopic (exact) mass is 415 g/mol. The second-order valence-electron chi connectivity index (χ2n) is 6.05. The maximum Gasteiger partial charge on any atom is 0.317 e. The van der Waals surface area contributed by atoms with E-state index in [1.54, 1.807) is 33.5 Å². The topological polar surface area (TPSA) is 88.8 Å². The van der Waals surface area contributed by atoms with Crippen LogP contribution in [0, 0.1) is 0 Å². The molecule has 0 aliphatic carbocycles. The summed E-state index contributed by atoms with van der Waals surface area (Å²) >= 11 is 1.41. The van der Waals surface area contributed by atoms with E-state index in [0.29, 0.717) is 22.8 Å². The van der Waals surface area contributed by atoms with Crippen LogP contribution < -0.4 is 24.2 Å². The van der Waals surface area contributed by atoms with E-state index in [2.05, 4.69) is 15.5 Å². The minimum atomic E-state index is -0.211. The predicted octanol–water partition coefficient (Wildman–Crippen LogP) is 2.26. The van der Waals surface area contributed by atoms with Crippen LogP contribution in [0.3, 0.4) is 0 Å². The Morgan fingerprint density at radius 3 is 2.48 bits per heavy atom. The third-order valence-electron chi connectivity index (χ3n) is 4.24. The zero-order valence-corrected chi connectivity index (χ0v) is 17.5. The zero-order chi connectivity index (χ0) is 20.8. The number of hydrazone groups is 1. The van der Waals surface area contributed by atoms with Gasteiger partial charge in [-0.05, 0) is 36.0 Å². The van der Waals surface area contributed by atoms with Gasteiger partial charge in [0.1, 0.15) is 0 Å². The molecule has 2 N–H and O–H groups in total. The Bertz CT molecular complexity index is 1020. The van der Waals surface area contributed by atoms with Crippen LogP contribution in [-0.2, 0) is 11.8 Å². The van der Waals surface area contributed by atoms with Crippen LogP contribution in [-0.4, -0.2) is 44.2 Å². The Balaban J connectivity index is 1.61. The number of amides is 1. The van der Waals surface area contributed by atoms with Crippen LogP contribution >= 0.6 is 11.8 Å². The minimum absolute atomic E-state index is 0.211. The molecule has 3 aromatic rings. The predicted molar refractivity (Wildman–Crippen MR) is 112 cm³/mol. The lowest BCUT2D eigenvalue weighted by Gasteiger charge is -2.12. The molecule has 152 valence electrons. The summed E-state index contributed by atoms with van der Waals surface area (Å²) in [6.07, 6.45) is 1.52. The molecule has 9 heteroatoms. The molecule has 0 unspecified atom stereocenters. The Labute approximate surface area is 172 Å². The van der Waals surface area contributed by atoms with Gasteiger partial charge in [0.2, 0.25) is 5.75 Å². The molecule has 3 rings (SSSR count). The number of aromatic amines is 1. The summed E-state index contributed by atoms with van der Waals surface area (Å²) in [6.45, 7) is 0. The first-order valence-electron chi connectivity index (χ1n) is 8.78. The average molecular weight is 415 g/mol. The Morgan fingerprint density at radius 2 is 1.86 bits per heavy atom. The number of nitrogens with one attached hydrogen (secondary N) is 2. The van der Waals surface area contributed by atoms with Crippen molar-refractivity contribution in [3.63, 3.8) is 0 Å². The van der Waals surface area contributed by atoms with Crippen molar-refractivity contribution in [3.8, 4) is 17.2 Å². The molecule has 0 fully saturated rings. The molecule has 0 bridgehead atoms. The highest BCUT2D eigenvalue weighted by Crippen LogP contribution is 2.37. The number of benzene rings is 2. The molecule has 1 amide bonds. The number of carbonyl (C=O) groups excluding carboxylic acids is 1. The largest absolute Gasteiger partial charge is 0.493 e. The van der Waals surface area contributed by atoms with Crippen molar-refractivity contribution in [2.45, 2.75) is 5.16 Å². The number of rotatable bonds is 8. The molecule has 0 aliphatic rings. The van der Waals surface area contributed by atoms with Gasteiger partial charge < -0.3 is 14.2 Å². The Hall–Kier alpha value is -3.20. The summed E-state index contributed by atoms with van der Waals surface area (Å²) in [5, 5.41) is 4.92. The molecule has 2 aromatic carbocycles. The molecule has 0 saturated carbocycles. The van der Waals surface area contributed by atoms with Gasteiger partial charge in [0, 0.05) is 5.56 Å². The smallest absolute Gasteiger partial charge is 0.317 e. The summed E-state index contributed by atoms with van der Waals surface area (Å²) < 4.78 is 17.9. The molecule has 1 heterocycles. The van der Waals surface area contributed by atoms with Gasteiger partial charge in [-0.3, -0.25) is 4.79 Å². The first-order valence-corrected chi connectivity index (χ1v) is 9.77. The van der Waals surface area contributed by atoms with E-state index in [-0.39, 0.29) is 11.7 Å². The van der Waals surface area contributed by atoms with Gasteiger partial charge >= 0.3 is 5.16 Å². The molecule has 0 spiro atoms. The number of methoxy groups -OCH3 is 3. The van der Waals surface area contributed by atoms with Crippen molar-refractivity contribution in [2.24, 2.45) is 12.1 Å². The number of fused-ring (bicyclic) bond motifs is 1. The number of imidazole rings is 1. The summed E-state index contributed by atoms with van der Waals surface area (Å²) in [6, 6.07) is 11.5. The van der Waals surface area contributed by atoms with Crippen molar-refractivity contribution in [1.82, 2.24) is 10.4 Å². The summed E-state index contributed by atoms with van der Waals surface area (Å²) in [5.74, 6) is 1.55. The lowest BCUT2D eigenvalue weighted by molar-refractivity contribution is -0.683. The second kappa shape index (κ2) is 9.33. The molecule has 1 aromatic heterocycles. The van der Waals surface area contributed by atoms with Crippen molar-refractivity contribution < 1.29 is 23.6 Å². The number of nitrogens with zero attached hydrogens (tertiary/aromatic N) is 2. The SMILES string of the molecule is COc1cc(C=NNC(=O)CSc2[nH]c3ccccc3[n+]2C)cc(OC)c1OC. The Kier molecular flexibility index (Phi) is 6.61. The number of hydrogen-bond acceptors (Lipinski definition) is 6. The molecule has 0 saturated heterocycles. The zero-order valence-electron chi connectivity index (χ0n) is 16.7. The first-order chi connectivity index (χ1) is 14.1. The van der Waals surface area contributed by atoms with Gasteiger partial charge in [-0.1, -0.05) is 12.1 Å². The number of aromatic nitrogens is 2. The highest BCUT2D eigenvalue weighted by Gasteiger charge is 2.16. The van der Waals surface area contributed by atoms with Gasteiger partial charge in [-0.2, -0.15) is 5.10 Å². The number of hydrogen-bond donors (Lipinski definition) is 2. The minimum Gasteiger partial charge on any atom is -0.493 e. The molecule has 8 nitrogen and oxygen atoms in total. The number of ether oxygens (including phenoxy) is 3. The number of carbonyl (C=O) groups is 1. The van der Waals surface area contributed by atoms with Gasteiger partial charge in [0.05, 0.1) is 40.3 Å². The fourth-order valence-electron chi connectivity index (χ4n) is 2.83.